The molecule has 8 heteroatoms. The SMILES string of the molecule is CC(O)(CNC(=O)c1ccc(N2CCCC2)nn1)C(=O)O. The minimum atomic E-state index is -2.02. The molecule has 21 heavy (non-hydrogen) atoms. The van der Waals surface area contributed by atoms with Gasteiger partial charge < -0.3 is 20.4 Å². The second-order valence-electron chi connectivity index (χ2n) is 5.23. The summed E-state index contributed by atoms with van der Waals surface area (Å²) < 4.78 is 0. The Hall–Kier alpha value is -2.22. The largest absolute Gasteiger partial charge is 0.479 e. The van der Waals surface area contributed by atoms with Gasteiger partial charge in [-0.05, 0) is 31.9 Å². The van der Waals surface area contributed by atoms with E-state index in [1.165, 1.54) is 6.07 Å². The Balaban J connectivity index is 1.95. The number of aliphatic carboxylic acids is 1. The summed E-state index contributed by atoms with van der Waals surface area (Å²) in [6, 6.07) is 3.24. The van der Waals surface area contributed by atoms with Crippen molar-refractivity contribution in [2.24, 2.45) is 0 Å². The highest BCUT2D eigenvalue weighted by molar-refractivity contribution is 5.92. The summed E-state index contributed by atoms with van der Waals surface area (Å²) >= 11 is 0. The van der Waals surface area contributed by atoms with Gasteiger partial charge in [-0.2, -0.15) is 0 Å². The number of rotatable bonds is 5. The van der Waals surface area contributed by atoms with E-state index in [9.17, 15) is 14.7 Å². The maximum atomic E-state index is 11.8. The average Bonchev–Trinajstić information content (AvgIpc) is 2.99. The maximum absolute atomic E-state index is 11.8. The standard InChI is InChI=1S/C13H18N4O4/c1-13(21,12(19)20)8-14-11(18)9-4-5-10(16-15-9)17-6-2-3-7-17/h4-5,21H,2-3,6-8H2,1H3,(H,14,18)(H,19,20). The van der Waals surface area contributed by atoms with Crippen molar-refractivity contribution in [3.05, 3.63) is 17.8 Å². The Morgan fingerprint density at radius 2 is 2.00 bits per heavy atom. The number of carboxylic acids is 1. The summed E-state index contributed by atoms with van der Waals surface area (Å²) in [6.45, 7) is 2.57. The molecular formula is C13H18N4O4. The molecule has 3 N–H and O–H groups in total. The van der Waals surface area contributed by atoms with Crippen LogP contribution in [0.4, 0.5) is 5.82 Å². The van der Waals surface area contributed by atoms with Crippen LogP contribution in [0.1, 0.15) is 30.3 Å². The quantitative estimate of drug-likeness (QED) is 0.679. The first kappa shape index (κ1) is 15.2. The summed E-state index contributed by atoms with van der Waals surface area (Å²) in [5.74, 6) is -1.25. The van der Waals surface area contributed by atoms with Crippen molar-refractivity contribution in [3.8, 4) is 0 Å². The smallest absolute Gasteiger partial charge is 0.337 e. The number of carbonyl (C=O) groups is 2. The van der Waals surface area contributed by atoms with E-state index >= 15 is 0 Å². The number of carboxylic acid groups (broad SMARTS) is 1. The Morgan fingerprint density at radius 3 is 2.52 bits per heavy atom. The summed E-state index contributed by atoms with van der Waals surface area (Å²) in [7, 11) is 0. The molecule has 1 amide bonds. The van der Waals surface area contributed by atoms with Crippen molar-refractivity contribution >= 4 is 17.7 Å². The summed E-state index contributed by atoms with van der Waals surface area (Å²) in [5, 5.41) is 28.4. The van der Waals surface area contributed by atoms with Crippen LogP contribution >= 0.6 is 0 Å². The second-order valence-corrected chi connectivity index (χ2v) is 5.23. The van der Waals surface area contributed by atoms with E-state index in [1.807, 2.05) is 0 Å². The lowest BCUT2D eigenvalue weighted by Gasteiger charge is -2.18. The third-order valence-electron chi connectivity index (χ3n) is 3.37. The zero-order valence-corrected chi connectivity index (χ0v) is 11.7. The fraction of sp³-hybridized carbons (Fsp3) is 0.538. The van der Waals surface area contributed by atoms with Crippen LogP contribution in [0.15, 0.2) is 12.1 Å². The lowest BCUT2D eigenvalue weighted by Crippen LogP contribution is -2.46. The molecule has 114 valence electrons. The molecule has 0 saturated carbocycles. The van der Waals surface area contributed by atoms with Gasteiger partial charge in [-0.15, -0.1) is 10.2 Å². The highest BCUT2D eigenvalue weighted by Gasteiger charge is 2.30. The molecule has 1 aromatic heterocycles. The van der Waals surface area contributed by atoms with Gasteiger partial charge in [0.25, 0.3) is 5.91 Å². The molecule has 1 unspecified atom stereocenters. The molecule has 0 bridgehead atoms. The Kier molecular flexibility index (Phi) is 4.37. The second kappa shape index (κ2) is 6.04. The van der Waals surface area contributed by atoms with Crippen LogP contribution in [-0.4, -0.2) is 57.5 Å². The molecular weight excluding hydrogens is 276 g/mol. The van der Waals surface area contributed by atoms with Crippen molar-refractivity contribution in [2.75, 3.05) is 24.5 Å². The van der Waals surface area contributed by atoms with Gasteiger partial charge in [-0.25, -0.2) is 4.79 Å². The lowest BCUT2D eigenvalue weighted by atomic mass is 10.1. The van der Waals surface area contributed by atoms with Gasteiger partial charge in [0.2, 0.25) is 0 Å². The number of nitrogens with one attached hydrogen (secondary N) is 1. The van der Waals surface area contributed by atoms with Crippen LogP contribution < -0.4 is 10.2 Å². The first-order valence-corrected chi connectivity index (χ1v) is 6.73. The molecule has 1 atom stereocenters. The molecule has 0 radical (unpaired) electrons. The fourth-order valence-corrected chi connectivity index (χ4v) is 1.98. The number of carbonyl (C=O) groups excluding carboxylic acids is 1. The third-order valence-corrected chi connectivity index (χ3v) is 3.37. The lowest BCUT2D eigenvalue weighted by molar-refractivity contribution is -0.155. The minimum Gasteiger partial charge on any atom is -0.479 e. The normalized spacial score (nSPS) is 17.3. The van der Waals surface area contributed by atoms with E-state index in [2.05, 4.69) is 20.4 Å². The van der Waals surface area contributed by atoms with E-state index in [-0.39, 0.29) is 5.69 Å². The maximum Gasteiger partial charge on any atom is 0.337 e. The molecule has 1 aliphatic heterocycles. The molecule has 2 rings (SSSR count). The molecule has 0 spiro atoms. The monoisotopic (exact) mass is 294 g/mol. The van der Waals surface area contributed by atoms with E-state index in [0.717, 1.165) is 38.7 Å². The molecule has 1 aliphatic rings. The fourth-order valence-electron chi connectivity index (χ4n) is 1.98. The van der Waals surface area contributed by atoms with E-state index < -0.39 is 24.0 Å². The van der Waals surface area contributed by atoms with Crippen LogP contribution in [0.25, 0.3) is 0 Å². The number of anilines is 1. The molecule has 8 nitrogen and oxygen atoms in total. The van der Waals surface area contributed by atoms with E-state index in [0.29, 0.717) is 0 Å². The predicted octanol–water partition coefficient (Wildman–Crippen LogP) is -0.358. The number of aliphatic hydroxyl groups is 1. The van der Waals surface area contributed by atoms with Crippen LogP contribution in [0, 0.1) is 0 Å². The van der Waals surface area contributed by atoms with Gasteiger partial charge in [0.1, 0.15) is 0 Å². The van der Waals surface area contributed by atoms with Crippen LogP contribution in [0.5, 0.6) is 0 Å². The van der Waals surface area contributed by atoms with Gasteiger partial charge in [-0.3, -0.25) is 4.79 Å². The first-order chi connectivity index (χ1) is 9.90. The van der Waals surface area contributed by atoms with Crippen LogP contribution in [0.2, 0.25) is 0 Å². The highest BCUT2D eigenvalue weighted by atomic mass is 16.4. The topological polar surface area (TPSA) is 116 Å². The predicted molar refractivity (Wildman–Crippen MR) is 74.1 cm³/mol. The van der Waals surface area contributed by atoms with Crippen molar-refractivity contribution < 1.29 is 19.8 Å². The van der Waals surface area contributed by atoms with Crippen LogP contribution in [-0.2, 0) is 4.79 Å². The Morgan fingerprint density at radius 1 is 1.33 bits per heavy atom. The number of nitrogens with zero attached hydrogens (tertiary/aromatic N) is 3. The van der Waals surface area contributed by atoms with Crippen molar-refractivity contribution in [3.63, 3.8) is 0 Å². The van der Waals surface area contributed by atoms with Gasteiger partial charge in [-0.1, -0.05) is 0 Å². The molecule has 0 aliphatic carbocycles. The molecule has 0 aromatic carbocycles. The van der Waals surface area contributed by atoms with E-state index in [1.54, 1.807) is 6.07 Å². The van der Waals surface area contributed by atoms with Gasteiger partial charge in [0.05, 0.1) is 6.54 Å². The molecule has 1 saturated heterocycles. The van der Waals surface area contributed by atoms with Crippen LogP contribution in [0.3, 0.4) is 0 Å². The highest BCUT2D eigenvalue weighted by Crippen LogP contribution is 2.16. The minimum absolute atomic E-state index is 0.0825. The van der Waals surface area contributed by atoms with Gasteiger partial charge >= 0.3 is 5.97 Å². The van der Waals surface area contributed by atoms with Gasteiger partial charge in [0.15, 0.2) is 17.1 Å². The molecule has 2 heterocycles. The Labute approximate surface area is 121 Å². The van der Waals surface area contributed by atoms with E-state index in [4.69, 9.17) is 5.11 Å². The summed E-state index contributed by atoms with van der Waals surface area (Å²) in [4.78, 5) is 24.6. The van der Waals surface area contributed by atoms with Crippen molar-refractivity contribution in [1.29, 1.82) is 0 Å². The van der Waals surface area contributed by atoms with Crippen molar-refractivity contribution in [1.82, 2.24) is 15.5 Å². The number of hydrogen-bond donors (Lipinski definition) is 3. The number of amides is 1. The Bertz CT molecular complexity index is 523. The zero-order chi connectivity index (χ0) is 15.5. The molecule has 1 fully saturated rings. The zero-order valence-electron chi connectivity index (χ0n) is 11.7. The molecule has 1 aromatic rings. The third kappa shape index (κ3) is 3.66. The van der Waals surface area contributed by atoms with Crippen molar-refractivity contribution in [2.45, 2.75) is 25.4 Å². The first-order valence-electron chi connectivity index (χ1n) is 6.73. The number of aromatic nitrogens is 2. The summed E-state index contributed by atoms with van der Waals surface area (Å²) in [5.41, 5.74) is -1.93. The summed E-state index contributed by atoms with van der Waals surface area (Å²) in [6.07, 6.45) is 2.24. The number of hydrogen-bond acceptors (Lipinski definition) is 6. The van der Waals surface area contributed by atoms with Gasteiger partial charge in [0, 0.05) is 13.1 Å². The average molecular weight is 294 g/mol.